The number of carbonyl (C=O) groups excluding carboxylic acids is 4. The molecule has 1 saturated heterocycles. The monoisotopic (exact) mass is 462 g/mol. The summed E-state index contributed by atoms with van der Waals surface area (Å²) in [5.41, 5.74) is -0.600. The molecule has 1 aliphatic rings. The lowest BCUT2D eigenvalue weighted by Crippen LogP contribution is -2.59. The summed E-state index contributed by atoms with van der Waals surface area (Å²) in [7, 11) is 0. The average Bonchev–Trinajstić information content (AvgIpc) is 2.70. The summed E-state index contributed by atoms with van der Waals surface area (Å²) >= 11 is 0. The number of para-hydroxylation sites is 1. The number of carbonyl (C=O) groups is 4. The number of hydrogen-bond acceptors (Lipinski definition) is 11. The number of ether oxygens (including phenoxy) is 5. The van der Waals surface area contributed by atoms with Crippen LogP contribution in [0.1, 0.15) is 39.4 Å². The van der Waals surface area contributed by atoms with Crippen molar-refractivity contribution in [3.8, 4) is 0 Å². The van der Waals surface area contributed by atoms with Gasteiger partial charge in [-0.1, -0.05) is 18.2 Å². The Balaban J connectivity index is 2.17. The summed E-state index contributed by atoms with van der Waals surface area (Å²) in [5.74, 6) is -3.19. The molecule has 2 heterocycles. The second-order valence-corrected chi connectivity index (χ2v) is 7.28. The number of hydrogen-bond donors (Lipinski definition) is 0. The zero-order valence-electron chi connectivity index (χ0n) is 18.3. The highest BCUT2D eigenvalue weighted by Gasteiger charge is 2.54. The molecule has 0 bridgehead atoms. The van der Waals surface area contributed by atoms with Crippen molar-refractivity contribution in [2.45, 2.75) is 58.4 Å². The number of fused-ring (bicyclic) bond motifs is 1. The largest absolute Gasteiger partial charge is 0.455 e. The fourth-order valence-corrected chi connectivity index (χ4v) is 3.56. The minimum Gasteiger partial charge on any atom is -0.455 e. The molecule has 0 radical (unpaired) electrons. The molecule has 1 aromatic heterocycles. The van der Waals surface area contributed by atoms with Gasteiger partial charge in [0, 0.05) is 33.1 Å². The lowest BCUT2D eigenvalue weighted by molar-refractivity contribution is -0.298. The Labute approximate surface area is 187 Å². The maximum Gasteiger partial charge on any atom is 0.342 e. The molecule has 11 heteroatoms. The Morgan fingerprint density at radius 2 is 1.30 bits per heavy atom. The highest BCUT2D eigenvalue weighted by Crippen LogP contribution is 2.37. The second kappa shape index (κ2) is 9.82. The fourth-order valence-electron chi connectivity index (χ4n) is 3.56. The van der Waals surface area contributed by atoms with Crippen molar-refractivity contribution in [3.63, 3.8) is 0 Å². The molecule has 0 N–H and O–H groups in total. The molecule has 3 rings (SSSR count). The average molecular weight is 462 g/mol. The molecule has 1 aromatic carbocycles. The molecule has 33 heavy (non-hydrogen) atoms. The maximum atomic E-state index is 12.8. The zero-order chi connectivity index (χ0) is 24.3. The van der Waals surface area contributed by atoms with Crippen LogP contribution in [-0.4, -0.2) is 48.5 Å². The SMILES string of the molecule is CC(=O)O[C@H]1O[C@H](c2cc3ccccc3oc2=O)[C@@H](OC(C)=O)[C@H](OC(C)=O)[C@H]1OC(C)=O. The van der Waals surface area contributed by atoms with Crippen molar-refractivity contribution in [2.75, 3.05) is 0 Å². The molecule has 0 spiro atoms. The Kier molecular flexibility index (Phi) is 7.12. The third-order valence-electron chi connectivity index (χ3n) is 4.66. The molecule has 1 fully saturated rings. The van der Waals surface area contributed by atoms with Crippen molar-refractivity contribution in [2.24, 2.45) is 0 Å². The first-order chi connectivity index (χ1) is 15.6. The summed E-state index contributed by atoms with van der Waals surface area (Å²) in [6.07, 6.45) is -7.37. The Morgan fingerprint density at radius 3 is 1.91 bits per heavy atom. The third-order valence-corrected chi connectivity index (χ3v) is 4.66. The van der Waals surface area contributed by atoms with E-state index in [1.165, 1.54) is 6.07 Å². The minimum atomic E-state index is -1.58. The van der Waals surface area contributed by atoms with Crippen LogP contribution in [-0.2, 0) is 42.9 Å². The summed E-state index contributed by atoms with van der Waals surface area (Å²) in [5, 5.41) is 0.535. The first kappa shape index (κ1) is 23.9. The van der Waals surface area contributed by atoms with Crippen LogP contribution in [0.4, 0.5) is 0 Å². The van der Waals surface area contributed by atoms with E-state index in [2.05, 4.69) is 0 Å². The van der Waals surface area contributed by atoms with Crippen LogP contribution < -0.4 is 5.63 Å². The van der Waals surface area contributed by atoms with E-state index in [-0.39, 0.29) is 5.56 Å². The van der Waals surface area contributed by atoms with Gasteiger partial charge < -0.3 is 28.1 Å². The van der Waals surface area contributed by atoms with Crippen LogP contribution in [0.15, 0.2) is 39.5 Å². The molecule has 176 valence electrons. The number of rotatable bonds is 5. The van der Waals surface area contributed by atoms with E-state index in [4.69, 9.17) is 28.1 Å². The van der Waals surface area contributed by atoms with E-state index in [0.29, 0.717) is 11.0 Å². The van der Waals surface area contributed by atoms with Gasteiger partial charge in [0.25, 0.3) is 0 Å². The van der Waals surface area contributed by atoms with E-state index in [0.717, 1.165) is 27.7 Å². The third kappa shape index (κ3) is 5.55. The van der Waals surface area contributed by atoms with Gasteiger partial charge in [-0.2, -0.15) is 0 Å². The van der Waals surface area contributed by atoms with Gasteiger partial charge in [0.1, 0.15) is 11.7 Å². The normalized spacial score (nSPS) is 24.5. The molecule has 1 aliphatic heterocycles. The summed E-state index contributed by atoms with van der Waals surface area (Å²) < 4.78 is 32.2. The van der Waals surface area contributed by atoms with E-state index in [9.17, 15) is 24.0 Å². The topological polar surface area (TPSA) is 145 Å². The molecule has 0 aliphatic carbocycles. The van der Waals surface area contributed by atoms with Gasteiger partial charge in [0.05, 0.1) is 5.56 Å². The first-order valence-electron chi connectivity index (χ1n) is 9.94. The van der Waals surface area contributed by atoms with Crippen molar-refractivity contribution >= 4 is 34.8 Å². The van der Waals surface area contributed by atoms with Gasteiger partial charge in [-0.05, 0) is 12.1 Å². The van der Waals surface area contributed by atoms with Gasteiger partial charge in [-0.25, -0.2) is 4.79 Å². The molecule has 2 aromatic rings. The van der Waals surface area contributed by atoms with Crippen LogP contribution in [0.3, 0.4) is 0 Å². The quantitative estimate of drug-likeness (QED) is 0.362. The zero-order valence-corrected chi connectivity index (χ0v) is 18.3. The Bertz CT molecular complexity index is 1130. The van der Waals surface area contributed by atoms with E-state index in [1.807, 2.05) is 0 Å². The lowest BCUT2D eigenvalue weighted by Gasteiger charge is -2.43. The van der Waals surface area contributed by atoms with E-state index >= 15 is 0 Å². The summed E-state index contributed by atoms with van der Waals surface area (Å²) in [4.78, 5) is 60.0. The first-order valence-corrected chi connectivity index (χ1v) is 9.94. The predicted octanol–water partition coefficient (Wildman–Crippen LogP) is 1.55. The smallest absolute Gasteiger partial charge is 0.342 e. The number of benzene rings is 1. The van der Waals surface area contributed by atoms with Crippen molar-refractivity contribution in [1.29, 1.82) is 0 Å². The van der Waals surface area contributed by atoms with Gasteiger partial charge in [0.15, 0.2) is 12.2 Å². The van der Waals surface area contributed by atoms with Crippen LogP contribution >= 0.6 is 0 Å². The summed E-state index contributed by atoms with van der Waals surface area (Å²) in [6.45, 7) is 4.36. The molecule has 11 nitrogen and oxygen atoms in total. The molecular weight excluding hydrogens is 440 g/mol. The van der Waals surface area contributed by atoms with Crippen molar-refractivity contribution < 1.29 is 47.3 Å². The van der Waals surface area contributed by atoms with Gasteiger partial charge in [-0.15, -0.1) is 0 Å². The summed E-state index contributed by atoms with van der Waals surface area (Å²) in [6, 6.07) is 8.13. The fraction of sp³-hybridized carbons (Fsp3) is 0.409. The molecule has 0 saturated carbocycles. The second-order valence-electron chi connectivity index (χ2n) is 7.28. The Morgan fingerprint density at radius 1 is 0.758 bits per heavy atom. The molecular formula is C22H22O11. The standard InChI is InChI=1S/C22H22O11/c1-10(23)28-18-17(15-9-14-7-5-6-8-16(14)32-21(15)27)33-22(31-13(4)26)20(30-12(3)25)19(18)29-11(2)24/h5-9,17-20,22H,1-4H3/t17-,18-,19+,20-,22+/m1/s1. The van der Waals surface area contributed by atoms with Gasteiger partial charge >= 0.3 is 29.5 Å². The van der Waals surface area contributed by atoms with Crippen LogP contribution in [0, 0.1) is 0 Å². The minimum absolute atomic E-state index is 0.0875. The van der Waals surface area contributed by atoms with Crippen molar-refractivity contribution in [1.82, 2.24) is 0 Å². The molecule has 0 unspecified atom stereocenters. The van der Waals surface area contributed by atoms with E-state index in [1.54, 1.807) is 24.3 Å². The predicted molar refractivity (Wildman–Crippen MR) is 109 cm³/mol. The van der Waals surface area contributed by atoms with Crippen LogP contribution in [0.5, 0.6) is 0 Å². The van der Waals surface area contributed by atoms with Crippen molar-refractivity contribution in [3.05, 3.63) is 46.3 Å². The van der Waals surface area contributed by atoms with Crippen LogP contribution in [0.25, 0.3) is 11.0 Å². The number of esters is 4. The lowest BCUT2D eigenvalue weighted by atomic mass is 9.93. The van der Waals surface area contributed by atoms with Gasteiger partial charge in [-0.3, -0.25) is 19.2 Å². The van der Waals surface area contributed by atoms with E-state index < -0.39 is 60.2 Å². The molecule has 0 amide bonds. The highest BCUT2D eigenvalue weighted by atomic mass is 16.7. The molecule has 5 atom stereocenters. The highest BCUT2D eigenvalue weighted by molar-refractivity contribution is 5.77. The Hall–Kier alpha value is -3.73. The van der Waals surface area contributed by atoms with Crippen LogP contribution in [0.2, 0.25) is 0 Å². The maximum absolute atomic E-state index is 12.8. The van der Waals surface area contributed by atoms with Gasteiger partial charge in [0.2, 0.25) is 12.4 Å².